The number of ether oxygens (including phenoxy) is 1. The van der Waals surface area contributed by atoms with E-state index in [1.807, 2.05) is 38.2 Å². The van der Waals surface area contributed by atoms with Gasteiger partial charge < -0.3 is 24.9 Å². The maximum Gasteiger partial charge on any atom is 0.269 e. The van der Waals surface area contributed by atoms with Gasteiger partial charge in [-0.25, -0.2) is 0 Å². The van der Waals surface area contributed by atoms with Gasteiger partial charge in [0.15, 0.2) is 13.9 Å². The fourth-order valence-electron chi connectivity index (χ4n) is 7.21. The lowest BCUT2D eigenvalue weighted by Gasteiger charge is -2.32. The van der Waals surface area contributed by atoms with Crippen molar-refractivity contribution < 1.29 is 29.2 Å². The van der Waals surface area contributed by atoms with Gasteiger partial charge in [0, 0.05) is 66.2 Å². The predicted molar refractivity (Wildman–Crippen MR) is 180 cm³/mol. The smallest absolute Gasteiger partial charge is 0.269 e. The second-order valence-electron chi connectivity index (χ2n) is 13.0. The molecule has 14 heteroatoms. The van der Waals surface area contributed by atoms with Crippen molar-refractivity contribution in [2.45, 2.75) is 63.2 Å². The molecule has 4 aromatic rings. The molecule has 2 aliphatic heterocycles. The van der Waals surface area contributed by atoms with E-state index in [-0.39, 0.29) is 36.2 Å². The van der Waals surface area contributed by atoms with Crippen molar-refractivity contribution in [1.29, 1.82) is 0 Å². The van der Waals surface area contributed by atoms with Gasteiger partial charge in [0.05, 0.1) is 29.0 Å². The van der Waals surface area contributed by atoms with Crippen LogP contribution in [0.25, 0.3) is 0 Å². The normalized spacial score (nSPS) is 21.9. The van der Waals surface area contributed by atoms with Gasteiger partial charge in [0.25, 0.3) is 17.5 Å². The Morgan fingerprint density at radius 2 is 1.85 bits per heavy atom. The standard InChI is InChI=1S/C34H38N6O7Si/c1-22-31(48(2,3)46)30(15-17-38-21-26(16-18-41)36-37-38)47-34(22)28-19-27(40(44)45)13-14-29(28)39(33(34)43)20-23-9-11-25(12-10-23)35-32(42)24-7-5-4-6-8-24/h4-14,19,21-22,30-31,41,46H,15-18,20H2,1-3H3,(H,35,42)/t22-,30+,31-,34+/m1/s1. The van der Waals surface area contributed by atoms with Crippen molar-refractivity contribution in [3.8, 4) is 0 Å². The largest absolute Gasteiger partial charge is 0.432 e. The molecule has 0 radical (unpaired) electrons. The van der Waals surface area contributed by atoms with Gasteiger partial charge in [-0.1, -0.05) is 42.5 Å². The lowest BCUT2D eigenvalue weighted by molar-refractivity contribution is -0.385. The second kappa shape index (κ2) is 13.0. The van der Waals surface area contributed by atoms with Crippen LogP contribution in [0, 0.1) is 16.0 Å². The van der Waals surface area contributed by atoms with Gasteiger partial charge in [-0.3, -0.25) is 24.4 Å². The third-order valence-corrected chi connectivity index (χ3v) is 11.9. The summed E-state index contributed by atoms with van der Waals surface area (Å²) in [4.78, 5) is 51.9. The fourth-order valence-corrected chi connectivity index (χ4v) is 9.81. The molecule has 250 valence electrons. The molecule has 1 saturated heterocycles. The molecule has 1 fully saturated rings. The molecule has 2 aliphatic rings. The third-order valence-electron chi connectivity index (χ3n) is 9.36. The van der Waals surface area contributed by atoms with E-state index in [1.165, 1.54) is 12.1 Å². The van der Waals surface area contributed by atoms with Gasteiger partial charge in [0.2, 0.25) is 0 Å². The summed E-state index contributed by atoms with van der Waals surface area (Å²) in [6.07, 6.45) is 2.01. The molecule has 1 aromatic heterocycles. The number of aliphatic hydroxyl groups is 1. The Balaban J connectivity index is 1.30. The van der Waals surface area contributed by atoms with E-state index in [2.05, 4.69) is 15.6 Å². The number of hydrogen-bond acceptors (Lipinski definition) is 9. The van der Waals surface area contributed by atoms with Crippen molar-refractivity contribution in [3.63, 3.8) is 0 Å². The quantitative estimate of drug-likeness (QED) is 0.119. The first-order chi connectivity index (χ1) is 22.9. The van der Waals surface area contributed by atoms with E-state index >= 15 is 0 Å². The molecule has 4 atom stereocenters. The summed E-state index contributed by atoms with van der Waals surface area (Å²) in [6.45, 7) is 6.05. The molecule has 0 bridgehead atoms. The highest BCUT2D eigenvalue weighted by molar-refractivity contribution is 6.71. The third kappa shape index (κ3) is 6.14. The van der Waals surface area contributed by atoms with E-state index in [9.17, 15) is 29.6 Å². The lowest BCUT2D eigenvalue weighted by atomic mass is 9.82. The molecule has 0 saturated carbocycles. The summed E-state index contributed by atoms with van der Waals surface area (Å²) >= 11 is 0. The van der Waals surface area contributed by atoms with Gasteiger partial charge in [-0.15, -0.1) is 5.10 Å². The molecule has 0 unspecified atom stereocenters. The summed E-state index contributed by atoms with van der Waals surface area (Å²) in [5.41, 5.74) is 1.41. The van der Waals surface area contributed by atoms with Crippen LogP contribution in [0.4, 0.5) is 17.1 Å². The monoisotopic (exact) mass is 670 g/mol. The number of hydrogen-bond donors (Lipinski definition) is 3. The molecular weight excluding hydrogens is 632 g/mol. The summed E-state index contributed by atoms with van der Waals surface area (Å²) in [7, 11) is -2.96. The van der Waals surface area contributed by atoms with Crippen LogP contribution in [-0.2, 0) is 34.6 Å². The van der Waals surface area contributed by atoms with Gasteiger partial charge >= 0.3 is 0 Å². The number of nitrogens with zero attached hydrogens (tertiary/aromatic N) is 5. The number of aromatic nitrogens is 3. The number of aliphatic hydroxyl groups excluding tert-OH is 1. The number of amides is 2. The van der Waals surface area contributed by atoms with Gasteiger partial charge in [-0.05, 0) is 55.4 Å². The zero-order chi connectivity index (χ0) is 34.2. The van der Waals surface area contributed by atoms with Crippen LogP contribution < -0.4 is 10.2 Å². The summed E-state index contributed by atoms with van der Waals surface area (Å²) in [6, 6.07) is 20.4. The average molecular weight is 671 g/mol. The molecule has 3 heterocycles. The average Bonchev–Trinajstić information content (AvgIpc) is 3.71. The van der Waals surface area contributed by atoms with Crippen LogP contribution in [0.1, 0.15) is 40.5 Å². The first-order valence-electron chi connectivity index (χ1n) is 15.9. The maximum absolute atomic E-state index is 14.7. The zero-order valence-electron chi connectivity index (χ0n) is 26.9. The number of nitro groups is 1. The minimum absolute atomic E-state index is 0.0457. The molecule has 48 heavy (non-hydrogen) atoms. The van der Waals surface area contributed by atoms with Crippen molar-refractivity contribution >= 4 is 37.2 Å². The van der Waals surface area contributed by atoms with E-state index in [0.29, 0.717) is 47.6 Å². The van der Waals surface area contributed by atoms with Gasteiger partial charge in [0.1, 0.15) is 0 Å². The number of carbonyl (C=O) groups is 2. The highest BCUT2D eigenvalue weighted by atomic mass is 28.4. The Bertz CT molecular complexity index is 1830. The van der Waals surface area contributed by atoms with E-state index in [0.717, 1.165) is 5.56 Å². The molecule has 3 aromatic carbocycles. The first-order valence-corrected chi connectivity index (χ1v) is 18.9. The topological polar surface area (TPSA) is 173 Å². The van der Waals surface area contributed by atoms with Crippen molar-refractivity contribution in [3.05, 3.63) is 111 Å². The Labute approximate surface area is 278 Å². The number of non-ortho nitro benzene ring substituents is 1. The van der Waals surface area contributed by atoms with Crippen LogP contribution in [0.5, 0.6) is 0 Å². The number of anilines is 2. The van der Waals surface area contributed by atoms with Crippen LogP contribution >= 0.6 is 0 Å². The fraction of sp³-hybridized carbons (Fsp3) is 0.353. The molecule has 1 spiro atoms. The Morgan fingerprint density at radius 3 is 2.52 bits per heavy atom. The zero-order valence-corrected chi connectivity index (χ0v) is 27.9. The van der Waals surface area contributed by atoms with E-state index in [4.69, 9.17) is 4.74 Å². The minimum Gasteiger partial charge on any atom is -0.432 e. The molecular formula is C34H38N6O7Si. The van der Waals surface area contributed by atoms with E-state index in [1.54, 1.807) is 58.2 Å². The summed E-state index contributed by atoms with van der Waals surface area (Å²) < 4.78 is 8.45. The number of fused-ring (bicyclic) bond motifs is 2. The number of aryl methyl sites for hydroxylation is 1. The molecule has 3 N–H and O–H groups in total. The number of rotatable bonds is 11. The number of carbonyl (C=O) groups excluding carboxylic acids is 2. The highest BCUT2D eigenvalue weighted by Crippen LogP contribution is 2.60. The number of nitro benzene ring substituents is 1. The maximum atomic E-state index is 14.7. The van der Waals surface area contributed by atoms with Gasteiger partial charge in [-0.2, -0.15) is 0 Å². The van der Waals surface area contributed by atoms with Crippen molar-refractivity contribution in [2.24, 2.45) is 5.92 Å². The van der Waals surface area contributed by atoms with Crippen LogP contribution in [0.3, 0.4) is 0 Å². The molecule has 6 rings (SSSR count). The summed E-state index contributed by atoms with van der Waals surface area (Å²) in [5, 5.41) is 32.3. The molecule has 0 aliphatic carbocycles. The van der Waals surface area contributed by atoms with Crippen molar-refractivity contribution in [2.75, 3.05) is 16.8 Å². The van der Waals surface area contributed by atoms with Crippen LogP contribution in [0.15, 0.2) is 79.0 Å². The van der Waals surface area contributed by atoms with E-state index < -0.39 is 30.9 Å². The Kier molecular flexibility index (Phi) is 9.00. The number of nitrogens with one attached hydrogen (secondary N) is 1. The summed E-state index contributed by atoms with van der Waals surface area (Å²) in [5.74, 6) is -1.08. The van der Waals surface area contributed by atoms with Crippen molar-refractivity contribution in [1.82, 2.24) is 15.0 Å². The molecule has 2 amide bonds. The Morgan fingerprint density at radius 1 is 1.12 bits per heavy atom. The highest BCUT2D eigenvalue weighted by Gasteiger charge is 2.66. The van der Waals surface area contributed by atoms with Crippen LogP contribution in [-0.4, -0.2) is 62.7 Å². The molecule has 13 nitrogen and oxygen atoms in total. The first kappa shape index (κ1) is 33.1. The SMILES string of the molecule is C[C@@H]1[C@@H]([Si](C)(C)O)[C@H](CCn2cc(CCO)nn2)O[C@@]12C(=O)N(Cc1ccc(NC(=O)c3ccccc3)cc1)c1ccc([N+](=O)[O-])cc12. The lowest BCUT2D eigenvalue weighted by Crippen LogP contribution is -2.46. The number of benzene rings is 3. The second-order valence-corrected chi connectivity index (χ2v) is 16.9. The predicted octanol–water partition coefficient (Wildman–Crippen LogP) is 4.41. The minimum atomic E-state index is -2.96. The van der Waals surface area contributed by atoms with Crippen LogP contribution in [0.2, 0.25) is 18.6 Å². The Hall–Kier alpha value is -4.76.